The summed E-state index contributed by atoms with van der Waals surface area (Å²) in [6.45, 7) is 0. The van der Waals surface area contributed by atoms with E-state index >= 15 is 0 Å². The zero-order chi connectivity index (χ0) is 16.2. The Hall–Kier alpha value is -1.55. The van der Waals surface area contributed by atoms with Crippen molar-refractivity contribution in [2.24, 2.45) is 17.3 Å². The smallest absolute Gasteiger partial charge is 0.309 e. The van der Waals surface area contributed by atoms with Crippen molar-refractivity contribution in [3.05, 3.63) is 34.9 Å². The molecule has 0 radical (unpaired) electrons. The monoisotopic (exact) mass is 333 g/mol. The Morgan fingerprint density at radius 2 is 1.78 bits per heavy atom. The number of aliphatic carboxylic acids is 1. The Morgan fingerprint density at radius 1 is 1.13 bits per heavy atom. The summed E-state index contributed by atoms with van der Waals surface area (Å²) in [6, 6.07) is 7.00. The summed E-state index contributed by atoms with van der Waals surface area (Å²) in [5, 5.41) is 13.4. The summed E-state index contributed by atoms with van der Waals surface area (Å²) >= 11 is 6.13. The second-order valence-corrected chi connectivity index (χ2v) is 8.17. The van der Waals surface area contributed by atoms with E-state index in [1.165, 1.54) is 0 Å². The van der Waals surface area contributed by atoms with Crippen LogP contribution in [0.4, 0.5) is 0 Å². The fourth-order valence-electron chi connectivity index (χ4n) is 5.61. The van der Waals surface area contributed by atoms with Crippen molar-refractivity contribution in [3.8, 4) is 0 Å². The van der Waals surface area contributed by atoms with E-state index < -0.39 is 11.4 Å². The Kier molecular flexibility index (Phi) is 3.24. The minimum atomic E-state index is -0.692. The van der Waals surface area contributed by atoms with E-state index in [4.69, 9.17) is 11.6 Å². The maximum atomic E-state index is 12.7. The predicted molar refractivity (Wildman–Crippen MR) is 86.4 cm³/mol. The van der Waals surface area contributed by atoms with Crippen LogP contribution in [-0.2, 0) is 4.79 Å². The lowest BCUT2D eigenvalue weighted by Gasteiger charge is -2.60. The van der Waals surface area contributed by atoms with Crippen molar-refractivity contribution in [1.29, 1.82) is 0 Å². The Bertz CT molecular complexity index is 673. The van der Waals surface area contributed by atoms with Crippen molar-refractivity contribution < 1.29 is 14.7 Å². The molecule has 2 atom stereocenters. The van der Waals surface area contributed by atoms with Crippen molar-refractivity contribution in [1.82, 2.24) is 5.32 Å². The van der Waals surface area contributed by atoms with Crippen molar-refractivity contribution >= 4 is 23.5 Å². The van der Waals surface area contributed by atoms with Crippen LogP contribution in [-0.4, -0.2) is 22.5 Å². The van der Waals surface area contributed by atoms with Crippen molar-refractivity contribution in [2.45, 2.75) is 44.1 Å². The third-order valence-electron chi connectivity index (χ3n) is 6.01. The maximum absolute atomic E-state index is 12.7. The molecule has 5 rings (SSSR count). The van der Waals surface area contributed by atoms with Crippen molar-refractivity contribution in [2.75, 3.05) is 0 Å². The first-order chi connectivity index (χ1) is 10.9. The highest BCUT2D eigenvalue weighted by molar-refractivity contribution is 6.33. The SMILES string of the molecule is O=C(NC12CC3CC(C1)CC(C(=O)O)(C3)C2)c1ccccc1Cl. The summed E-state index contributed by atoms with van der Waals surface area (Å²) < 4.78 is 0. The number of carboxylic acids is 1. The average molecular weight is 334 g/mol. The van der Waals surface area contributed by atoms with Gasteiger partial charge >= 0.3 is 5.97 Å². The molecule has 4 bridgehead atoms. The van der Waals surface area contributed by atoms with E-state index in [-0.39, 0.29) is 11.4 Å². The third kappa shape index (κ3) is 2.35. The zero-order valence-corrected chi connectivity index (χ0v) is 13.6. The summed E-state index contributed by atoms with van der Waals surface area (Å²) in [7, 11) is 0. The summed E-state index contributed by atoms with van der Waals surface area (Å²) in [5.41, 5.74) is -0.550. The van der Waals surface area contributed by atoms with Gasteiger partial charge in [0.1, 0.15) is 0 Å². The normalized spacial score (nSPS) is 37.6. The molecule has 4 saturated carbocycles. The highest BCUT2D eigenvalue weighted by Gasteiger charge is 2.61. The topological polar surface area (TPSA) is 66.4 Å². The predicted octanol–water partition coefficient (Wildman–Crippen LogP) is 3.49. The number of carbonyl (C=O) groups excluding carboxylic acids is 1. The fourth-order valence-corrected chi connectivity index (χ4v) is 5.83. The lowest BCUT2D eigenvalue weighted by atomic mass is 9.47. The van der Waals surface area contributed by atoms with Crippen LogP contribution >= 0.6 is 11.6 Å². The number of hydrogen-bond acceptors (Lipinski definition) is 2. The Balaban J connectivity index is 1.63. The van der Waals surface area contributed by atoms with Crippen LogP contribution < -0.4 is 5.32 Å². The number of carbonyl (C=O) groups is 2. The highest BCUT2D eigenvalue weighted by Crippen LogP contribution is 2.61. The second kappa shape index (κ2) is 4.97. The molecule has 1 aromatic carbocycles. The molecule has 5 heteroatoms. The number of amides is 1. The van der Waals surface area contributed by atoms with Gasteiger partial charge in [0.05, 0.1) is 16.0 Å². The van der Waals surface area contributed by atoms with E-state index in [0.717, 1.165) is 32.1 Å². The summed E-state index contributed by atoms with van der Waals surface area (Å²) in [6.07, 6.45) is 4.99. The molecular formula is C18H20ClNO3. The molecule has 0 heterocycles. The van der Waals surface area contributed by atoms with Gasteiger partial charge in [-0.1, -0.05) is 23.7 Å². The molecular weight excluding hydrogens is 314 g/mol. The lowest BCUT2D eigenvalue weighted by molar-refractivity contribution is -0.167. The lowest BCUT2D eigenvalue weighted by Crippen LogP contribution is -2.64. The van der Waals surface area contributed by atoms with Crippen LogP contribution in [0.3, 0.4) is 0 Å². The van der Waals surface area contributed by atoms with Gasteiger partial charge in [-0.05, 0) is 62.5 Å². The summed E-state index contributed by atoms with van der Waals surface area (Å²) in [4.78, 5) is 24.6. The second-order valence-electron chi connectivity index (χ2n) is 7.76. The minimum Gasteiger partial charge on any atom is -0.481 e. The third-order valence-corrected chi connectivity index (χ3v) is 6.34. The standard InChI is InChI=1S/C18H20ClNO3/c19-14-4-2-1-3-13(14)15(21)20-18-8-11-5-12(9-18)7-17(6-11,10-18)16(22)23/h1-4,11-12H,5-10H2,(H,20,21)(H,22,23). The number of rotatable bonds is 3. The van der Waals surface area contributed by atoms with Gasteiger partial charge < -0.3 is 10.4 Å². The first-order valence-corrected chi connectivity index (χ1v) is 8.60. The number of nitrogens with one attached hydrogen (secondary N) is 1. The molecule has 0 aromatic heterocycles. The molecule has 122 valence electrons. The first kappa shape index (κ1) is 15.0. The fraction of sp³-hybridized carbons (Fsp3) is 0.556. The molecule has 0 saturated heterocycles. The molecule has 0 aliphatic heterocycles. The van der Waals surface area contributed by atoms with Crippen LogP contribution in [0.15, 0.2) is 24.3 Å². The van der Waals surface area contributed by atoms with Gasteiger partial charge in [0.25, 0.3) is 5.91 Å². The van der Waals surface area contributed by atoms with Gasteiger partial charge in [-0.15, -0.1) is 0 Å². The van der Waals surface area contributed by atoms with E-state index in [2.05, 4.69) is 5.32 Å². The van der Waals surface area contributed by atoms with Crippen LogP contribution in [0.2, 0.25) is 5.02 Å². The number of benzene rings is 1. The number of hydrogen-bond donors (Lipinski definition) is 2. The van der Waals surface area contributed by atoms with Gasteiger partial charge in [-0.25, -0.2) is 0 Å². The first-order valence-electron chi connectivity index (χ1n) is 8.22. The van der Waals surface area contributed by atoms with Gasteiger partial charge in [-0.2, -0.15) is 0 Å². The van der Waals surface area contributed by atoms with Crippen LogP contribution in [0.25, 0.3) is 0 Å². The summed E-state index contributed by atoms with van der Waals surface area (Å²) in [5.74, 6) is -0.0427. The zero-order valence-electron chi connectivity index (χ0n) is 12.8. The Morgan fingerprint density at radius 3 is 2.39 bits per heavy atom. The van der Waals surface area contributed by atoms with Crippen molar-refractivity contribution in [3.63, 3.8) is 0 Å². The largest absolute Gasteiger partial charge is 0.481 e. The van der Waals surface area contributed by atoms with E-state index in [1.54, 1.807) is 24.3 Å². The van der Waals surface area contributed by atoms with Crippen LogP contribution in [0.5, 0.6) is 0 Å². The average Bonchev–Trinajstić information content (AvgIpc) is 2.45. The van der Waals surface area contributed by atoms with E-state index in [0.29, 0.717) is 28.8 Å². The Labute approximate surface area is 140 Å². The molecule has 1 amide bonds. The molecule has 1 aromatic rings. The number of halogens is 1. The van der Waals surface area contributed by atoms with Gasteiger partial charge in [-0.3, -0.25) is 9.59 Å². The molecule has 2 N–H and O–H groups in total. The van der Waals surface area contributed by atoms with E-state index in [9.17, 15) is 14.7 Å². The number of carboxylic acid groups (broad SMARTS) is 1. The van der Waals surface area contributed by atoms with Gasteiger partial charge in [0.15, 0.2) is 0 Å². The van der Waals surface area contributed by atoms with Gasteiger partial charge in [0, 0.05) is 5.54 Å². The van der Waals surface area contributed by atoms with Gasteiger partial charge in [0.2, 0.25) is 0 Å². The molecule has 4 fully saturated rings. The molecule has 4 aliphatic rings. The van der Waals surface area contributed by atoms with Crippen LogP contribution in [0, 0.1) is 17.3 Å². The van der Waals surface area contributed by atoms with Crippen LogP contribution in [0.1, 0.15) is 48.9 Å². The van der Waals surface area contributed by atoms with E-state index in [1.807, 2.05) is 0 Å². The quantitative estimate of drug-likeness (QED) is 0.889. The molecule has 2 unspecified atom stereocenters. The minimum absolute atomic E-state index is 0.182. The highest BCUT2D eigenvalue weighted by atomic mass is 35.5. The molecule has 23 heavy (non-hydrogen) atoms. The molecule has 4 nitrogen and oxygen atoms in total. The maximum Gasteiger partial charge on any atom is 0.309 e. The molecule has 4 aliphatic carbocycles. The molecule has 0 spiro atoms.